The Balaban J connectivity index is 1.32. The molecule has 5 rings (SSSR count). The van der Waals surface area contributed by atoms with E-state index in [1.54, 1.807) is 6.07 Å². The molecule has 1 aliphatic carbocycles. The summed E-state index contributed by atoms with van der Waals surface area (Å²) in [6, 6.07) is 19.1. The highest BCUT2D eigenvalue weighted by molar-refractivity contribution is 6.42. The third-order valence-electron chi connectivity index (χ3n) is 7.68. The quantitative estimate of drug-likeness (QED) is 0.252. The van der Waals surface area contributed by atoms with Crippen molar-refractivity contribution in [2.24, 2.45) is 0 Å². The summed E-state index contributed by atoms with van der Waals surface area (Å²) >= 11 is 12.7. The highest BCUT2D eigenvalue weighted by Crippen LogP contribution is 2.36. The van der Waals surface area contributed by atoms with E-state index in [1.165, 1.54) is 0 Å². The molecular formula is C33H36Cl2N2O4. The Hall–Kier alpha value is -3.03. The predicted octanol–water partition coefficient (Wildman–Crippen LogP) is 6.37. The molecule has 0 saturated heterocycles. The first kappa shape index (κ1) is 29.5. The zero-order valence-electron chi connectivity index (χ0n) is 23.5. The van der Waals surface area contributed by atoms with Crippen LogP contribution in [0.25, 0.3) is 5.57 Å². The second-order valence-electron chi connectivity index (χ2n) is 10.7. The summed E-state index contributed by atoms with van der Waals surface area (Å²) in [7, 11) is 0. The van der Waals surface area contributed by atoms with Crippen molar-refractivity contribution < 1.29 is 19.4 Å². The number of carbonyl (C=O) groups is 1. The van der Waals surface area contributed by atoms with Gasteiger partial charge in [0.05, 0.1) is 22.7 Å². The molecule has 1 fully saturated rings. The number of amides is 1. The standard InChI is InChI=1S/C33H36Cl2N2O4/c1-21-5-3-6-22(2)32(21)41-18-17-40-26-13-9-23(10-14-26)27-15-16-36-29(20-38)30(27)33(39)37(25-11-12-25)19-24-7-4-8-28(34)31(24)35/h3-10,13-14,25,29,36,38H,11-12,15-20H2,1-2H3. The fourth-order valence-electron chi connectivity index (χ4n) is 5.40. The number of para-hydroxylation sites is 1. The molecule has 1 heterocycles. The van der Waals surface area contributed by atoms with Crippen LogP contribution in [0.5, 0.6) is 11.5 Å². The van der Waals surface area contributed by atoms with E-state index in [1.807, 2.05) is 73.3 Å². The minimum absolute atomic E-state index is 0.0752. The van der Waals surface area contributed by atoms with Crippen molar-refractivity contribution in [3.05, 3.63) is 98.5 Å². The van der Waals surface area contributed by atoms with Gasteiger partial charge in [-0.3, -0.25) is 4.79 Å². The topological polar surface area (TPSA) is 71.0 Å². The van der Waals surface area contributed by atoms with Crippen molar-refractivity contribution in [1.82, 2.24) is 10.2 Å². The van der Waals surface area contributed by atoms with Gasteiger partial charge in [0.1, 0.15) is 24.7 Å². The molecule has 8 heteroatoms. The molecule has 0 bridgehead atoms. The average molecular weight is 596 g/mol. The van der Waals surface area contributed by atoms with Crippen LogP contribution < -0.4 is 14.8 Å². The molecule has 0 spiro atoms. The molecule has 41 heavy (non-hydrogen) atoms. The highest BCUT2D eigenvalue weighted by atomic mass is 35.5. The lowest BCUT2D eigenvalue weighted by Crippen LogP contribution is -2.46. The first-order valence-corrected chi connectivity index (χ1v) is 14.9. The van der Waals surface area contributed by atoms with Crippen LogP contribution in [-0.4, -0.2) is 54.4 Å². The lowest BCUT2D eigenvalue weighted by Gasteiger charge is -2.33. The van der Waals surface area contributed by atoms with Crippen LogP contribution in [0.1, 0.15) is 41.5 Å². The molecule has 2 aliphatic rings. The molecular weight excluding hydrogens is 559 g/mol. The summed E-state index contributed by atoms with van der Waals surface area (Å²) in [5, 5.41) is 14.5. The van der Waals surface area contributed by atoms with Crippen molar-refractivity contribution in [3.63, 3.8) is 0 Å². The second kappa shape index (κ2) is 13.3. The number of hydrogen-bond acceptors (Lipinski definition) is 5. The lowest BCUT2D eigenvalue weighted by molar-refractivity contribution is -0.128. The van der Waals surface area contributed by atoms with Gasteiger partial charge in [0, 0.05) is 18.2 Å². The summed E-state index contributed by atoms with van der Waals surface area (Å²) in [6.07, 6.45) is 2.57. The van der Waals surface area contributed by atoms with E-state index in [4.69, 9.17) is 32.7 Å². The number of ether oxygens (including phenoxy) is 2. The van der Waals surface area contributed by atoms with Crippen molar-refractivity contribution in [2.45, 2.75) is 51.7 Å². The number of nitrogens with one attached hydrogen (secondary N) is 1. The molecule has 1 amide bonds. The van der Waals surface area contributed by atoms with Crippen LogP contribution in [0.15, 0.2) is 66.2 Å². The third kappa shape index (κ3) is 6.90. The second-order valence-corrected chi connectivity index (χ2v) is 11.4. The zero-order valence-corrected chi connectivity index (χ0v) is 25.0. The van der Waals surface area contributed by atoms with E-state index in [0.29, 0.717) is 48.3 Å². The van der Waals surface area contributed by atoms with Crippen LogP contribution in [-0.2, 0) is 11.3 Å². The van der Waals surface area contributed by atoms with Crippen LogP contribution in [0.3, 0.4) is 0 Å². The Kier molecular flexibility index (Phi) is 9.56. The number of carbonyl (C=O) groups excluding carboxylic acids is 1. The molecule has 1 atom stereocenters. The summed E-state index contributed by atoms with van der Waals surface area (Å²) in [6.45, 7) is 5.81. The first-order valence-electron chi connectivity index (χ1n) is 14.1. The van der Waals surface area contributed by atoms with E-state index in [0.717, 1.165) is 52.2 Å². The zero-order chi connectivity index (χ0) is 28.9. The maximum absolute atomic E-state index is 14.1. The maximum atomic E-state index is 14.1. The van der Waals surface area contributed by atoms with Gasteiger partial charge in [-0.2, -0.15) is 0 Å². The van der Waals surface area contributed by atoms with Gasteiger partial charge in [0.25, 0.3) is 5.91 Å². The van der Waals surface area contributed by atoms with Crippen molar-refractivity contribution >= 4 is 34.7 Å². The maximum Gasteiger partial charge on any atom is 0.252 e. The predicted molar refractivity (Wildman–Crippen MR) is 164 cm³/mol. The van der Waals surface area contributed by atoms with Gasteiger partial charge in [-0.25, -0.2) is 0 Å². The van der Waals surface area contributed by atoms with E-state index >= 15 is 0 Å². The van der Waals surface area contributed by atoms with E-state index in [-0.39, 0.29) is 18.6 Å². The summed E-state index contributed by atoms with van der Waals surface area (Å²) in [4.78, 5) is 16.0. The van der Waals surface area contributed by atoms with Crippen LogP contribution in [0.4, 0.5) is 0 Å². The molecule has 0 aromatic heterocycles. The largest absolute Gasteiger partial charge is 0.490 e. The molecule has 1 aliphatic heterocycles. The monoisotopic (exact) mass is 594 g/mol. The minimum Gasteiger partial charge on any atom is -0.490 e. The third-order valence-corrected chi connectivity index (χ3v) is 8.54. The number of benzene rings is 3. The van der Waals surface area contributed by atoms with Crippen LogP contribution in [0, 0.1) is 13.8 Å². The first-order chi connectivity index (χ1) is 19.9. The Morgan fingerprint density at radius 3 is 2.34 bits per heavy atom. The van der Waals surface area contributed by atoms with Crippen molar-refractivity contribution in [3.8, 4) is 11.5 Å². The van der Waals surface area contributed by atoms with Gasteiger partial charge in [-0.15, -0.1) is 0 Å². The van der Waals surface area contributed by atoms with E-state index in [2.05, 4.69) is 5.32 Å². The fourth-order valence-corrected chi connectivity index (χ4v) is 5.78. The van der Waals surface area contributed by atoms with Gasteiger partial charge >= 0.3 is 0 Å². The van der Waals surface area contributed by atoms with Gasteiger partial charge in [0.15, 0.2) is 0 Å². The van der Waals surface area contributed by atoms with Crippen LogP contribution in [0.2, 0.25) is 10.0 Å². The molecule has 0 radical (unpaired) electrons. The lowest BCUT2D eigenvalue weighted by atomic mass is 9.88. The molecule has 3 aromatic rings. The number of nitrogens with zero attached hydrogens (tertiary/aromatic N) is 1. The minimum atomic E-state index is -0.444. The highest BCUT2D eigenvalue weighted by Gasteiger charge is 2.38. The van der Waals surface area contributed by atoms with Gasteiger partial charge in [-0.1, -0.05) is 65.7 Å². The normalized spacial score (nSPS) is 17.0. The number of rotatable bonds is 11. The van der Waals surface area contributed by atoms with E-state index < -0.39 is 6.04 Å². The SMILES string of the molecule is Cc1cccc(C)c1OCCOc1ccc(C2=C(C(=O)N(Cc3cccc(Cl)c3Cl)C3CC3)C(CO)NCC2)cc1. The number of halogens is 2. The molecule has 216 valence electrons. The Morgan fingerprint density at radius 1 is 0.976 bits per heavy atom. The Bertz CT molecular complexity index is 1400. The van der Waals surface area contributed by atoms with Crippen molar-refractivity contribution in [1.29, 1.82) is 0 Å². The number of aliphatic hydroxyl groups is 1. The molecule has 6 nitrogen and oxygen atoms in total. The van der Waals surface area contributed by atoms with Crippen molar-refractivity contribution in [2.75, 3.05) is 26.4 Å². The Labute approximate surface area is 251 Å². The molecule has 3 aromatic carbocycles. The summed E-state index contributed by atoms with van der Waals surface area (Å²) < 4.78 is 11.9. The number of hydrogen-bond donors (Lipinski definition) is 2. The van der Waals surface area contributed by atoms with E-state index in [9.17, 15) is 9.90 Å². The molecule has 1 saturated carbocycles. The smallest absolute Gasteiger partial charge is 0.252 e. The van der Waals surface area contributed by atoms with Gasteiger partial charge in [-0.05, 0) is 85.7 Å². The summed E-state index contributed by atoms with van der Waals surface area (Å²) in [5.74, 6) is 1.56. The van der Waals surface area contributed by atoms with Crippen LogP contribution >= 0.6 is 23.2 Å². The summed E-state index contributed by atoms with van der Waals surface area (Å²) in [5.41, 5.74) is 5.53. The molecule has 2 N–H and O–H groups in total. The Morgan fingerprint density at radius 2 is 1.66 bits per heavy atom. The average Bonchev–Trinajstić information content (AvgIpc) is 3.82. The fraction of sp³-hybridized carbons (Fsp3) is 0.364. The molecule has 1 unspecified atom stereocenters. The van der Waals surface area contributed by atoms with Gasteiger partial charge in [0.2, 0.25) is 0 Å². The van der Waals surface area contributed by atoms with Gasteiger partial charge < -0.3 is 24.8 Å². The number of aliphatic hydroxyl groups excluding tert-OH is 1. The number of aryl methyl sites for hydroxylation is 2.